The predicted octanol–water partition coefficient (Wildman–Crippen LogP) is 3.41. The average Bonchev–Trinajstić information content (AvgIpc) is 2.46. The van der Waals surface area contributed by atoms with Crippen LogP contribution in [0.1, 0.15) is 20.7 Å². The first kappa shape index (κ1) is 13.3. The molecule has 4 heteroatoms. The van der Waals surface area contributed by atoms with E-state index in [1.54, 1.807) is 42.5 Å². The standard InChI is InChI=1S/C15H11ClO3/c1-19-11-8-6-10(7-9-11)14(17)15(18)12-4-2-3-5-13(12)16/h2-9H,1H3. The second-order valence-electron chi connectivity index (χ2n) is 3.87. The van der Waals surface area contributed by atoms with E-state index in [0.717, 1.165) is 0 Å². The van der Waals surface area contributed by atoms with Crippen LogP contribution in [0.3, 0.4) is 0 Å². The number of benzene rings is 2. The molecule has 0 unspecified atom stereocenters. The fourth-order valence-corrected chi connectivity index (χ4v) is 1.86. The van der Waals surface area contributed by atoms with Crippen molar-refractivity contribution in [3.8, 4) is 5.75 Å². The topological polar surface area (TPSA) is 43.4 Å². The quantitative estimate of drug-likeness (QED) is 0.634. The van der Waals surface area contributed by atoms with E-state index in [9.17, 15) is 9.59 Å². The maximum absolute atomic E-state index is 12.1. The lowest BCUT2D eigenvalue weighted by Crippen LogP contribution is -2.14. The van der Waals surface area contributed by atoms with Crippen LogP contribution in [-0.4, -0.2) is 18.7 Å². The highest BCUT2D eigenvalue weighted by atomic mass is 35.5. The summed E-state index contributed by atoms with van der Waals surface area (Å²) >= 11 is 5.91. The molecule has 19 heavy (non-hydrogen) atoms. The molecule has 0 saturated heterocycles. The number of halogens is 1. The summed E-state index contributed by atoms with van der Waals surface area (Å²) < 4.78 is 5.00. The van der Waals surface area contributed by atoms with Crippen LogP contribution in [0.5, 0.6) is 5.75 Å². The third kappa shape index (κ3) is 2.83. The molecule has 0 heterocycles. The predicted molar refractivity (Wildman–Crippen MR) is 73.1 cm³/mol. The van der Waals surface area contributed by atoms with Crippen molar-refractivity contribution in [1.82, 2.24) is 0 Å². The van der Waals surface area contributed by atoms with E-state index in [1.807, 2.05) is 0 Å². The molecule has 0 bridgehead atoms. The van der Waals surface area contributed by atoms with E-state index in [1.165, 1.54) is 13.2 Å². The van der Waals surface area contributed by atoms with E-state index in [0.29, 0.717) is 11.3 Å². The molecule has 0 aliphatic rings. The lowest BCUT2D eigenvalue weighted by molar-refractivity contribution is 0.0817. The second-order valence-corrected chi connectivity index (χ2v) is 4.27. The van der Waals surface area contributed by atoms with Gasteiger partial charge in [-0.05, 0) is 36.4 Å². The van der Waals surface area contributed by atoms with Crippen molar-refractivity contribution in [2.75, 3.05) is 7.11 Å². The van der Waals surface area contributed by atoms with Gasteiger partial charge >= 0.3 is 0 Å². The summed E-state index contributed by atoms with van der Waals surface area (Å²) in [5.41, 5.74) is 0.524. The first-order valence-corrected chi connectivity index (χ1v) is 5.99. The van der Waals surface area contributed by atoms with Crippen molar-refractivity contribution in [2.24, 2.45) is 0 Å². The fourth-order valence-electron chi connectivity index (χ4n) is 1.64. The van der Waals surface area contributed by atoms with Crippen LogP contribution < -0.4 is 4.74 Å². The van der Waals surface area contributed by atoms with Crippen molar-refractivity contribution in [3.05, 3.63) is 64.7 Å². The smallest absolute Gasteiger partial charge is 0.235 e. The molecule has 0 aliphatic carbocycles. The van der Waals surface area contributed by atoms with Crippen LogP contribution in [0.2, 0.25) is 5.02 Å². The van der Waals surface area contributed by atoms with Crippen LogP contribution in [0.15, 0.2) is 48.5 Å². The SMILES string of the molecule is COc1ccc(C(=O)C(=O)c2ccccc2Cl)cc1. The first-order chi connectivity index (χ1) is 9.13. The summed E-state index contributed by atoms with van der Waals surface area (Å²) in [6.45, 7) is 0. The van der Waals surface area contributed by atoms with Crippen LogP contribution in [-0.2, 0) is 0 Å². The number of carbonyl (C=O) groups is 2. The average molecular weight is 275 g/mol. The van der Waals surface area contributed by atoms with Gasteiger partial charge in [0, 0.05) is 11.1 Å². The van der Waals surface area contributed by atoms with E-state index in [-0.39, 0.29) is 10.6 Å². The van der Waals surface area contributed by atoms with Crippen molar-refractivity contribution >= 4 is 23.2 Å². The lowest BCUT2D eigenvalue weighted by Gasteiger charge is -2.04. The number of methoxy groups -OCH3 is 1. The zero-order valence-electron chi connectivity index (χ0n) is 10.2. The Morgan fingerprint density at radius 2 is 1.58 bits per heavy atom. The Kier molecular flexibility index (Phi) is 3.97. The van der Waals surface area contributed by atoms with Crippen LogP contribution in [0, 0.1) is 0 Å². The van der Waals surface area contributed by atoms with Crippen molar-refractivity contribution < 1.29 is 14.3 Å². The Hall–Kier alpha value is -2.13. The molecule has 0 fully saturated rings. The van der Waals surface area contributed by atoms with Crippen molar-refractivity contribution in [3.63, 3.8) is 0 Å². The molecular formula is C15H11ClO3. The highest BCUT2D eigenvalue weighted by Gasteiger charge is 2.20. The molecule has 0 saturated carbocycles. The number of ether oxygens (including phenoxy) is 1. The number of hydrogen-bond acceptors (Lipinski definition) is 3. The molecule has 3 nitrogen and oxygen atoms in total. The molecule has 0 aromatic heterocycles. The Balaban J connectivity index is 2.28. The largest absolute Gasteiger partial charge is 0.497 e. The van der Waals surface area contributed by atoms with Crippen molar-refractivity contribution in [1.29, 1.82) is 0 Å². The molecule has 0 atom stereocenters. The van der Waals surface area contributed by atoms with Gasteiger partial charge in [-0.2, -0.15) is 0 Å². The molecule has 0 radical (unpaired) electrons. The molecular weight excluding hydrogens is 264 g/mol. The first-order valence-electron chi connectivity index (χ1n) is 5.61. The van der Waals surface area contributed by atoms with E-state index < -0.39 is 11.6 Å². The molecule has 2 rings (SSSR count). The third-order valence-electron chi connectivity index (χ3n) is 2.68. The number of carbonyl (C=O) groups excluding carboxylic acids is 2. The van der Waals surface area contributed by atoms with Crippen molar-refractivity contribution in [2.45, 2.75) is 0 Å². The van der Waals surface area contributed by atoms with E-state index in [2.05, 4.69) is 0 Å². The number of rotatable bonds is 4. The molecule has 96 valence electrons. The summed E-state index contributed by atoms with van der Waals surface area (Å²) in [7, 11) is 1.53. The van der Waals surface area contributed by atoms with Gasteiger partial charge in [0.1, 0.15) is 5.75 Å². The van der Waals surface area contributed by atoms with Gasteiger partial charge in [0.2, 0.25) is 11.6 Å². The maximum Gasteiger partial charge on any atom is 0.235 e. The highest BCUT2D eigenvalue weighted by Crippen LogP contribution is 2.18. The van der Waals surface area contributed by atoms with Gasteiger partial charge < -0.3 is 4.74 Å². The van der Waals surface area contributed by atoms with Gasteiger partial charge in [-0.1, -0.05) is 23.7 Å². The van der Waals surface area contributed by atoms with Gasteiger partial charge in [0.05, 0.1) is 12.1 Å². The van der Waals surface area contributed by atoms with Gasteiger partial charge in [0.25, 0.3) is 0 Å². The Morgan fingerprint density at radius 3 is 2.16 bits per heavy atom. The van der Waals surface area contributed by atoms with Gasteiger partial charge in [-0.3, -0.25) is 9.59 Å². The zero-order valence-corrected chi connectivity index (χ0v) is 11.0. The molecule has 2 aromatic carbocycles. The summed E-state index contributed by atoms with van der Waals surface area (Å²) in [5.74, 6) is -0.576. The maximum atomic E-state index is 12.1. The summed E-state index contributed by atoms with van der Waals surface area (Å²) in [5, 5.41) is 0.273. The fraction of sp³-hybridized carbons (Fsp3) is 0.0667. The Morgan fingerprint density at radius 1 is 0.947 bits per heavy atom. The molecule has 0 N–H and O–H groups in total. The number of Topliss-reactive ketones (excluding diaryl/α,β-unsaturated/α-hetero) is 2. The van der Waals surface area contributed by atoms with Gasteiger partial charge in [-0.25, -0.2) is 0 Å². The minimum Gasteiger partial charge on any atom is -0.497 e. The Bertz CT molecular complexity index is 618. The van der Waals surface area contributed by atoms with Crippen LogP contribution in [0.25, 0.3) is 0 Å². The molecule has 0 aliphatic heterocycles. The zero-order chi connectivity index (χ0) is 13.8. The van der Waals surface area contributed by atoms with Gasteiger partial charge in [-0.15, -0.1) is 0 Å². The Labute approximate surface area is 115 Å². The minimum absolute atomic E-state index is 0.213. The highest BCUT2D eigenvalue weighted by molar-refractivity contribution is 6.51. The summed E-state index contributed by atoms with van der Waals surface area (Å²) in [4.78, 5) is 24.1. The summed E-state index contributed by atoms with van der Waals surface area (Å²) in [6, 6.07) is 12.9. The van der Waals surface area contributed by atoms with Crippen LogP contribution in [0.4, 0.5) is 0 Å². The lowest BCUT2D eigenvalue weighted by atomic mass is 10.0. The molecule has 0 spiro atoms. The number of hydrogen-bond donors (Lipinski definition) is 0. The third-order valence-corrected chi connectivity index (χ3v) is 3.01. The monoisotopic (exact) mass is 274 g/mol. The van der Waals surface area contributed by atoms with E-state index >= 15 is 0 Å². The summed E-state index contributed by atoms with van der Waals surface area (Å²) in [6.07, 6.45) is 0. The number of ketones is 2. The van der Waals surface area contributed by atoms with Crippen LogP contribution >= 0.6 is 11.6 Å². The van der Waals surface area contributed by atoms with Gasteiger partial charge in [0.15, 0.2) is 0 Å². The van der Waals surface area contributed by atoms with E-state index in [4.69, 9.17) is 16.3 Å². The molecule has 0 amide bonds. The minimum atomic E-state index is -0.615. The normalized spacial score (nSPS) is 10.0. The second kappa shape index (κ2) is 5.67. The molecule has 2 aromatic rings.